The van der Waals surface area contributed by atoms with Crippen LogP contribution in [0.1, 0.15) is 0 Å². The number of rotatable bonds is 1. The molecule has 1 aromatic carbocycles. The summed E-state index contributed by atoms with van der Waals surface area (Å²) >= 11 is 35.7. The van der Waals surface area contributed by atoms with Crippen LogP contribution in [0.3, 0.4) is 0 Å². The molecule has 0 unspecified atom stereocenters. The molecule has 1 heterocycles. The summed E-state index contributed by atoms with van der Waals surface area (Å²) in [6, 6.07) is 9.65. The van der Waals surface area contributed by atoms with Crippen molar-refractivity contribution < 1.29 is 0 Å². The van der Waals surface area contributed by atoms with E-state index in [1.807, 2.05) is 35.2 Å². The lowest BCUT2D eigenvalue weighted by Gasteiger charge is -2.47. The van der Waals surface area contributed by atoms with E-state index in [1.54, 1.807) is 9.80 Å². The van der Waals surface area contributed by atoms with Crippen molar-refractivity contribution in [2.75, 3.05) is 24.9 Å². The molecule has 20 heavy (non-hydrogen) atoms. The largest absolute Gasteiger partial charge is 0.345 e. The standard InChI is InChI=1S/C11H11Cl6N3/c12-10(13,14)19-6-18(9-4-2-1-3-5-9)7-20(8-19)11(15,16)17/h1-5H,6-8H2. The molecule has 0 radical (unpaired) electrons. The van der Waals surface area contributed by atoms with E-state index in [0.717, 1.165) is 5.69 Å². The molecule has 0 amide bonds. The highest BCUT2D eigenvalue weighted by atomic mass is 35.6. The van der Waals surface area contributed by atoms with Crippen molar-refractivity contribution in [3.05, 3.63) is 30.3 Å². The molecular formula is C11H11Cl6N3. The maximum Gasteiger partial charge on any atom is 0.250 e. The molecule has 0 bridgehead atoms. The average molecular weight is 398 g/mol. The Balaban J connectivity index is 2.25. The quantitative estimate of drug-likeness (QED) is 0.505. The Hall–Kier alpha value is 0.680. The van der Waals surface area contributed by atoms with Crippen molar-refractivity contribution in [2.45, 2.75) is 7.83 Å². The van der Waals surface area contributed by atoms with E-state index in [2.05, 4.69) is 0 Å². The van der Waals surface area contributed by atoms with Crippen LogP contribution in [0.2, 0.25) is 0 Å². The van der Waals surface area contributed by atoms with Crippen molar-refractivity contribution in [2.24, 2.45) is 0 Å². The van der Waals surface area contributed by atoms with Crippen LogP contribution in [0, 0.1) is 0 Å². The number of hydrogen-bond acceptors (Lipinski definition) is 3. The topological polar surface area (TPSA) is 9.72 Å². The zero-order chi connectivity index (χ0) is 15.0. The summed E-state index contributed by atoms with van der Waals surface area (Å²) in [6.45, 7) is 1.06. The van der Waals surface area contributed by atoms with Gasteiger partial charge in [0.15, 0.2) is 0 Å². The van der Waals surface area contributed by atoms with Crippen molar-refractivity contribution in [3.8, 4) is 0 Å². The van der Waals surface area contributed by atoms with Gasteiger partial charge in [-0.15, -0.1) is 0 Å². The Morgan fingerprint density at radius 1 is 0.700 bits per heavy atom. The Labute approximate surface area is 147 Å². The van der Waals surface area contributed by atoms with E-state index in [4.69, 9.17) is 69.6 Å². The highest BCUT2D eigenvalue weighted by Gasteiger charge is 2.41. The second-order valence-electron chi connectivity index (χ2n) is 4.31. The maximum absolute atomic E-state index is 5.95. The first-order valence-corrected chi connectivity index (χ1v) is 7.88. The number of alkyl halides is 6. The van der Waals surface area contributed by atoms with Gasteiger partial charge in [0, 0.05) is 5.69 Å². The van der Waals surface area contributed by atoms with E-state index >= 15 is 0 Å². The lowest BCUT2D eigenvalue weighted by Crippen LogP contribution is -2.61. The Morgan fingerprint density at radius 2 is 1.15 bits per heavy atom. The Morgan fingerprint density at radius 3 is 1.55 bits per heavy atom. The van der Waals surface area contributed by atoms with Gasteiger partial charge in [-0.1, -0.05) is 87.8 Å². The molecule has 3 nitrogen and oxygen atoms in total. The van der Waals surface area contributed by atoms with E-state index in [0.29, 0.717) is 13.3 Å². The van der Waals surface area contributed by atoms with E-state index in [-0.39, 0.29) is 6.67 Å². The average Bonchev–Trinajstić information content (AvgIpc) is 2.37. The fourth-order valence-electron chi connectivity index (χ4n) is 1.88. The summed E-state index contributed by atoms with van der Waals surface area (Å²) in [5, 5.41) is 0. The van der Waals surface area contributed by atoms with Gasteiger partial charge in [-0.05, 0) is 12.1 Å². The molecule has 1 aliphatic heterocycles. The van der Waals surface area contributed by atoms with E-state index in [1.165, 1.54) is 0 Å². The first-order valence-electron chi connectivity index (χ1n) is 5.61. The maximum atomic E-state index is 5.95. The van der Waals surface area contributed by atoms with Crippen LogP contribution in [0.5, 0.6) is 0 Å². The zero-order valence-corrected chi connectivity index (χ0v) is 14.7. The third-order valence-corrected chi connectivity index (χ3v) is 4.30. The molecule has 1 aliphatic rings. The van der Waals surface area contributed by atoms with Crippen LogP contribution in [0.4, 0.5) is 5.69 Å². The lowest BCUT2D eigenvalue weighted by atomic mass is 10.3. The lowest BCUT2D eigenvalue weighted by molar-refractivity contribution is 0.0832. The second-order valence-corrected chi connectivity index (χ2v) is 8.76. The van der Waals surface area contributed by atoms with Crippen LogP contribution in [0.15, 0.2) is 30.3 Å². The monoisotopic (exact) mass is 395 g/mol. The number of benzene rings is 1. The molecule has 0 N–H and O–H groups in total. The highest BCUT2D eigenvalue weighted by Crippen LogP contribution is 2.38. The minimum absolute atomic E-state index is 0.232. The van der Waals surface area contributed by atoms with Gasteiger partial charge in [-0.3, -0.25) is 0 Å². The van der Waals surface area contributed by atoms with Crippen LogP contribution >= 0.6 is 69.6 Å². The van der Waals surface area contributed by atoms with Gasteiger partial charge in [0.05, 0.1) is 20.0 Å². The van der Waals surface area contributed by atoms with Gasteiger partial charge >= 0.3 is 0 Å². The molecule has 0 atom stereocenters. The van der Waals surface area contributed by atoms with Gasteiger partial charge in [0.25, 0.3) is 0 Å². The summed E-state index contributed by atoms with van der Waals surface area (Å²) < 4.78 is -3.16. The first-order chi connectivity index (χ1) is 9.18. The molecular weight excluding hydrogens is 387 g/mol. The second kappa shape index (κ2) is 6.43. The molecule has 2 rings (SSSR count). The molecule has 9 heteroatoms. The predicted molar refractivity (Wildman–Crippen MR) is 87.8 cm³/mol. The molecule has 0 aromatic heterocycles. The third-order valence-electron chi connectivity index (χ3n) is 2.86. The van der Waals surface area contributed by atoms with Gasteiger partial charge in [-0.25, -0.2) is 9.80 Å². The van der Waals surface area contributed by atoms with Gasteiger partial charge in [0.2, 0.25) is 7.83 Å². The van der Waals surface area contributed by atoms with Crippen molar-refractivity contribution >= 4 is 75.3 Å². The molecule has 1 fully saturated rings. The smallest absolute Gasteiger partial charge is 0.250 e. The predicted octanol–water partition coefficient (Wildman–Crippen LogP) is 4.64. The van der Waals surface area contributed by atoms with Crippen LogP contribution in [-0.4, -0.2) is 37.6 Å². The molecule has 1 aromatic rings. The van der Waals surface area contributed by atoms with Crippen molar-refractivity contribution in [1.29, 1.82) is 0 Å². The van der Waals surface area contributed by atoms with Crippen LogP contribution in [-0.2, 0) is 0 Å². The van der Waals surface area contributed by atoms with Gasteiger partial charge < -0.3 is 4.90 Å². The Bertz CT molecular complexity index is 422. The normalized spacial score (nSPS) is 19.4. The van der Waals surface area contributed by atoms with Gasteiger partial charge in [0.1, 0.15) is 0 Å². The third kappa shape index (κ3) is 4.34. The minimum Gasteiger partial charge on any atom is -0.345 e. The summed E-state index contributed by atoms with van der Waals surface area (Å²) in [5.74, 6) is 0. The fourth-order valence-corrected chi connectivity index (χ4v) is 2.52. The van der Waals surface area contributed by atoms with Crippen LogP contribution < -0.4 is 4.90 Å². The van der Waals surface area contributed by atoms with E-state index in [9.17, 15) is 0 Å². The van der Waals surface area contributed by atoms with E-state index < -0.39 is 7.83 Å². The summed E-state index contributed by atoms with van der Waals surface area (Å²) in [4.78, 5) is 5.11. The summed E-state index contributed by atoms with van der Waals surface area (Å²) in [5.41, 5.74) is 0.950. The van der Waals surface area contributed by atoms with Crippen LogP contribution in [0.25, 0.3) is 0 Å². The number of anilines is 1. The zero-order valence-electron chi connectivity index (χ0n) is 10.1. The number of hydrogen-bond donors (Lipinski definition) is 0. The first kappa shape index (κ1) is 17.0. The summed E-state index contributed by atoms with van der Waals surface area (Å²) in [6.07, 6.45) is 0. The van der Waals surface area contributed by atoms with Crippen molar-refractivity contribution in [3.63, 3.8) is 0 Å². The highest BCUT2D eigenvalue weighted by molar-refractivity contribution is 6.67. The minimum atomic E-state index is -1.58. The number of para-hydroxylation sites is 1. The number of halogens is 6. The van der Waals surface area contributed by atoms with Gasteiger partial charge in [-0.2, -0.15) is 0 Å². The molecule has 1 saturated heterocycles. The number of nitrogens with zero attached hydrogens (tertiary/aromatic N) is 3. The Kier molecular flexibility index (Phi) is 5.48. The molecule has 112 valence electrons. The van der Waals surface area contributed by atoms with Crippen molar-refractivity contribution in [1.82, 2.24) is 9.80 Å². The molecule has 0 saturated carbocycles. The molecule has 0 spiro atoms. The molecule has 0 aliphatic carbocycles. The fraction of sp³-hybridized carbons (Fsp3) is 0.455. The SMILES string of the molecule is ClC(Cl)(Cl)N1CN(c2ccccc2)CN(C(Cl)(Cl)Cl)C1. The summed E-state index contributed by atoms with van der Waals surface area (Å²) in [7, 11) is 0.